The molecule has 0 aliphatic rings. The predicted molar refractivity (Wildman–Crippen MR) is 227 cm³/mol. The summed E-state index contributed by atoms with van der Waals surface area (Å²) in [6.45, 7) is 0. The third-order valence-electron chi connectivity index (χ3n) is 10.5. The number of fused-ring (bicyclic) bond motifs is 6. The third-order valence-corrected chi connectivity index (χ3v) is 10.5. The topological polar surface area (TPSA) is 60.2 Å². The molecule has 6 aromatic carbocycles. The van der Waals surface area contributed by atoms with Crippen molar-refractivity contribution in [2.24, 2.45) is 0 Å². The lowest BCUT2D eigenvalue weighted by molar-refractivity contribution is 0.588. The van der Waals surface area contributed by atoms with Crippen LogP contribution in [0.1, 0.15) is 0 Å². The molecule has 264 valence electrons. The number of furan rings is 2. The van der Waals surface area contributed by atoms with Gasteiger partial charge in [0.05, 0.1) is 22.4 Å². The molecule has 0 amide bonds. The Hall–Kier alpha value is -7.70. The molecule has 0 aliphatic carbocycles. The van der Waals surface area contributed by atoms with Crippen LogP contribution in [0.5, 0.6) is 0 Å². The van der Waals surface area contributed by atoms with Crippen LogP contribution in [0.15, 0.2) is 203 Å². The zero-order valence-electron chi connectivity index (χ0n) is 30.1. The Kier molecular flexibility index (Phi) is 7.38. The highest BCUT2D eigenvalue weighted by atomic mass is 16.4. The van der Waals surface area contributed by atoms with Gasteiger partial charge in [0.15, 0.2) is 0 Å². The monoisotopic (exact) mass is 720 g/mol. The van der Waals surface area contributed by atoms with Crippen LogP contribution >= 0.6 is 0 Å². The fourth-order valence-electron chi connectivity index (χ4n) is 7.93. The molecule has 0 N–H and O–H groups in total. The summed E-state index contributed by atoms with van der Waals surface area (Å²) >= 11 is 0. The second-order valence-electron chi connectivity index (χ2n) is 13.9. The first-order valence-electron chi connectivity index (χ1n) is 18.6. The van der Waals surface area contributed by atoms with Crippen molar-refractivity contribution in [3.63, 3.8) is 0 Å². The van der Waals surface area contributed by atoms with Crippen molar-refractivity contribution in [2.75, 3.05) is 4.90 Å². The minimum Gasteiger partial charge on any atom is -0.456 e. The molecular weight excluding hydrogens is 689 g/mol. The number of benzene rings is 6. The third kappa shape index (κ3) is 5.35. The van der Waals surface area contributed by atoms with E-state index in [-0.39, 0.29) is 0 Å². The zero-order chi connectivity index (χ0) is 37.0. The van der Waals surface area contributed by atoms with Crippen molar-refractivity contribution >= 4 is 61.0 Å². The van der Waals surface area contributed by atoms with Crippen LogP contribution in [0.2, 0.25) is 0 Å². The van der Waals surface area contributed by atoms with Crippen molar-refractivity contribution in [3.05, 3.63) is 194 Å². The van der Waals surface area contributed by atoms with Gasteiger partial charge in [-0.05, 0) is 97.1 Å². The van der Waals surface area contributed by atoms with E-state index in [0.717, 1.165) is 83.9 Å². The van der Waals surface area contributed by atoms with Crippen molar-refractivity contribution in [3.8, 4) is 39.5 Å². The maximum atomic E-state index is 6.81. The molecule has 0 saturated carbocycles. The molecule has 0 aliphatic heterocycles. The molecule has 0 saturated heterocycles. The fourth-order valence-corrected chi connectivity index (χ4v) is 7.93. The molecule has 0 unspecified atom stereocenters. The zero-order valence-corrected chi connectivity index (χ0v) is 30.1. The lowest BCUT2D eigenvalue weighted by Gasteiger charge is -2.23. The van der Waals surface area contributed by atoms with Crippen molar-refractivity contribution in [1.29, 1.82) is 0 Å². The van der Waals surface area contributed by atoms with Crippen molar-refractivity contribution < 1.29 is 8.83 Å². The molecule has 6 nitrogen and oxygen atoms in total. The summed E-state index contributed by atoms with van der Waals surface area (Å²) in [5.41, 5.74) is 11.7. The van der Waals surface area contributed by atoms with Crippen LogP contribution in [0.25, 0.3) is 83.3 Å². The van der Waals surface area contributed by atoms with Gasteiger partial charge in [0, 0.05) is 79.8 Å². The highest BCUT2D eigenvalue weighted by molar-refractivity contribution is 6.17. The van der Waals surface area contributed by atoms with Crippen molar-refractivity contribution in [2.45, 2.75) is 0 Å². The smallest absolute Gasteiger partial charge is 0.205 e. The fraction of sp³-hybridized carbons (Fsp3) is 0. The summed E-state index contributed by atoms with van der Waals surface area (Å²) in [4.78, 5) is 11.4. The highest BCUT2D eigenvalue weighted by Gasteiger charge is 2.21. The molecule has 5 aromatic heterocycles. The maximum Gasteiger partial charge on any atom is 0.205 e. The van der Waals surface area contributed by atoms with Gasteiger partial charge in [-0.1, -0.05) is 72.8 Å². The molecule has 0 atom stereocenters. The largest absolute Gasteiger partial charge is 0.456 e. The van der Waals surface area contributed by atoms with E-state index in [1.807, 2.05) is 73.1 Å². The van der Waals surface area contributed by atoms with E-state index in [9.17, 15) is 0 Å². The Morgan fingerprint density at radius 1 is 0.411 bits per heavy atom. The van der Waals surface area contributed by atoms with Gasteiger partial charge >= 0.3 is 0 Å². The van der Waals surface area contributed by atoms with E-state index in [0.29, 0.717) is 5.88 Å². The average Bonchev–Trinajstić information content (AvgIpc) is 3.98. The van der Waals surface area contributed by atoms with E-state index < -0.39 is 0 Å². The number of pyridine rings is 2. The number of hydrogen-bond donors (Lipinski definition) is 0. The molecule has 5 heterocycles. The van der Waals surface area contributed by atoms with Gasteiger partial charge < -0.3 is 13.4 Å². The molecule has 11 rings (SSSR count). The Labute approximate surface area is 322 Å². The standard InChI is InChI=1S/C50H32N4O2/c1-2-14-36(15-3-1)54-45-21-5-4-18-39(45)40-31-42-41-30-35(22-23-48(41)55-49(42)32-46(40)54)47-24-25-50(56-47)53(37-16-10-12-33(28-37)43-19-6-8-26-51-43)38-17-11-13-34(29-38)44-20-7-9-27-52-44/h1-32H. The summed E-state index contributed by atoms with van der Waals surface area (Å²) in [5, 5.41) is 4.49. The minimum atomic E-state index is 0.684. The van der Waals surface area contributed by atoms with Gasteiger partial charge in [-0.2, -0.15) is 0 Å². The van der Waals surface area contributed by atoms with Crippen molar-refractivity contribution in [1.82, 2.24) is 14.5 Å². The number of para-hydroxylation sites is 2. The summed E-state index contributed by atoms with van der Waals surface area (Å²) < 4.78 is 15.7. The van der Waals surface area contributed by atoms with E-state index in [4.69, 9.17) is 8.83 Å². The quantitative estimate of drug-likeness (QED) is 0.164. The first-order chi connectivity index (χ1) is 27.7. The van der Waals surface area contributed by atoms with Gasteiger partial charge in [0.2, 0.25) is 5.88 Å². The minimum absolute atomic E-state index is 0.684. The van der Waals surface area contributed by atoms with Crippen LogP contribution < -0.4 is 4.90 Å². The Morgan fingerprint density at radius 2 is 1.09 bits per heavy atom. The van der Waals surface area contributed by atoms with Gasteiger partial charge in [-0.15, -0.1) is 0 Å². The summed E-state index contributed by atoms with van der Waals surface area (Å²) in [5.74, 6) is 1.44. The van der Waals surface area contributed by atoms with Crippen LogP contribution in [-0.2, 0) is 0 Å². The van der Waals surface area contributed by atoms with Gasteiger partial charge in [-0.3, -0.25) is 14.9 Å². The van der Waals surface area contributed by atoms with E-state index in [2.05, 4.69) is 141 Å². The molecule has 56 heavy (non-hydrogen) atoms. The van der Waals surface area contributed by atoms with Gasteiger partial charge in [0.1, 0.15) is 16.9 Å². The molecule has 11 aromatic rings. The summed E-state index contributed by atoms with van der Waals surface area (Å²) in [7, 11) is 0. The van der Waals surface area contributed by atoms with Gasteiger partial charge in [0.25, 0.3) is 0 Å². The van der Waals surface area contributed by atoms with Crippen LogP contribution in [-0.4, -0.2) is 14.5 Å². The normalized spacial score (nSPS) is 11.6. The van der Waals surface area contributed by atoms with E-state index in [1.165, 1.54) is 10.8 Å². The molecular formula is C50H32N4O2. The molecule has 0 fully saturated rings. The average molecular weight is 721 g/mol. The summed E-state index contributed by atoms with van der Waals surface area (Å²) in [6, 6.07) is 62.6. The number of anilines is 3. The first kappa shape index (κ1) is 31.8. The number of rotatable bonds is 7. The lowest BCUT2D eigenvalue weighted by atomic mass is 10.1. The Morgan fingerprint density at radius 3 is 1.80 bits per heavy atom. The molecule has 0 bridgehead atoms. The van der Waals surface area contributed by atoms with Crippen LogP contribution in [0.3, 0.4) is 0 Å². The molecule has 0 radical (unpaired) electrons. The summed E-state index contributed by atoms with van der Waals surface area (Å²) in [6.07, 6.45) is 3.64. The van der Waals surface area contributed by atoms with Gasteiger partial charge in [-0.25, -0.2) is 0 Å². The highest BCUT2D eigenvalue weighted by Crippen LogP contribution is 2.42. The lowest BCUT2D eigenvalue weighted by Crippen LogP contribution is -2.09. The van der Waals surface area contributed by atoms with Crippen LogP contribution in [0, 0.1) is 0 Å². The number of hydrogen-bond acceptors (Lipinski definition) is 5. The Bertz CT molecular complexity index is 3120. The van der Waals surface area contributed by atoms with Crippen LogP contribution in [0.4, 0.5) is 17.3 Å². The first-order valence-corrected chi connectivity index (χ1v) is 18.6. The second-order valence-corrected chi connectivity index (χ2v) is 13.9. The number of nitrogens with zero attached hydrogens (tertiary/aromatic N) is 4. The second kappa shape index (κ2) is 13.0. The Balaban J connectivity index is 1.04. The maximum absolute atomic E-state index is 6.81. The number of aromatic nitrogens is 3. The molecule has 0 spiro atoms. The van der Waals surface area contributed by atoms with E-state index >= 15 is 0 Å². The SMILES string of the molecule is c1ccc(-n2c3ccccc3c3cc4c(cc32)oc2ccc(-c3ccc(N(c5cccc(-c6ccccn6)c5)c5cccc(-c6ccccn6)c5)o3)cc24)cc1. The molecule has 6 heteroatoms. The van der Waals surface area contributed by atoms with E-state index in [1.54, 1.807) is 0 Å². The predicted octanol–water partition coefficient (Wildman–Crippen LogP) is 13.5.